The van der Waals surface area contributed by atoms with E-state index in [1.54, 1.807) is 6.07 Å². The number of H-pyrrole nitrogens is 1. The van der Waals surface area contributed by atoms with Crippen molar-refractivity contribution in [2.24, 2.45) is 7.05 Å². The molecule has 1 N–H and O–H groups in total. The average molecular weight is 338 g/mol. The molecule has 1 aliphatic heterocycles. The highest BCUT2D eigenvalue weighted by atomic mass is 16.5. The van der Waals surface area contributed by atoms with Gasteiger partial charge in [0, 0.05) is 50.3 Å². The first-order chi connectivity index (χ1) is 12.1. The fourth-order valence-corrected chi connectivity index (χ4v) is 3.42. The summed E-state index contributed by atoms with van der Waals surface area (Å²) < 4.78 is 8.34. The number of ether oxygens (including phenoxy) is 1. The van der Waals surface area contributed by atoms with Crippen LogP contribution in [-0.2, 0) is 7.05 Å². The topological polar surface area (TPSA) is 63.1 Å². The van der Waals surface area contributed by atoms with E-state index in [0.717, 1.165) is 29.7 Å². The van der Waals surface area contributed by atoms with Crippen LogP contribution in [0.4, 0.5) is 0 Å². The van der Waals surface area contributed by atoms with Gasteiger partial charge in [0.1, 0.15) is 17.5 Å². The van der Waals surface area contributed by atoms with Gasteiger partial charge in [-0.25, -0.2) is 0 Å². The molecule has 1 saturated heterocycles. The maximum absolute atomic E-state index is 12.5. The van der Waals surface area contributed by atoms with Crippen molar-refractivity contribution in [3.63, 3.8) is 0 Å². The van der Waals surface area contributed by atoms with E-state index in [1.807, 2.05) is 37.2 Å². The van der Waals surface area contributed by atoms with E-state index in [0.29, 0.717) is 18.8 Å². The standard InChI is InChI=1S/C19H22N4O2/c1-13-12-16(21-20-13)19(24)23-10-6-14(7-11-23)25-18-5-3-4-17-15(18)8-9-22(17)2/h3-5,8-9,12,14H,6-7,10-11H2,1-2H3,(H,20,21). The third kappa shape index (κ3) is 2.99. The van der Waals surface area contributed by atoms with Crippen LogP contribution in [0.2, 0.25) is 0 Å². The van der Waals surface area contributed by atoms with Gasteiger partial charge < -0.3 is 14.2 Å². The number of carbonyl (C=O) groups excluding carboxylic acids is 1. The van der Waals surface area contributed by atoms with E-state index in [1.165, 1.54) is 5.52 Å². The summed E-state index contributed by atoms with van der Waals surface area (Å²) in [5, 5.41) is 8.02. The average Bonchev–Trinajstić information content (AvgIpc) is 3.22. The van der Waals surface area contributed by atoms with Crippen molar-refractivity contribution in [2.75, 3.05) is 13.1 Å². The van der Waals surface area contributed by atoms with Gasteiger partial charge in [-0.1, -0.05) is 6.07 Å². The highest BCUT2D eigenvalue weighted by Gasteiger charge is 2.26. The lowest BCUT2D eigenvalue weighted by Gasteiger charge is -2.32. The summed E-state index contributed by atoms with van der Waals surface area (Å²) in [5.74, 6) is 0.916. The minimum Gasteiger partial charge on any atom is -0.490 e. The number of nitrogens with one attached hydrogen (secondary N) is 1. The van der Waals surface area contributed by atoms with Crippen LogP contribution in [0.1, 0.15) is 29.0 Å². The Hall–Kier alpha value is -2.76. The Morgan fingerprint density at radius 2 is 2.08 bits per heavy atom. The molecule has 6 nitrogen and oxygen atoms in total. The summed E-state index contributed by atoms with van der Waals surface area (Å²) in [6.07, 6.45) is 3.84. The fraction of sp³-hybridized carbons (Fsp3) is 0.368. The molecular weight excluding hydrogens is 316 g/mol. The van der Waals surface area contributed by atoms with Gasteiger partial charge in [-0.15, -0.1) is 0 Å². The molecule has 1 fully saturated rings. The molecule has 0 spiro atoms. The number of rotatable bonds is 3. The molecule has 0 bridgehead atoms. The van der Waals surface area contributed by atoms with E-state index >= 15 is 0 Å². The van der Waals surface area contributed by atoms with Crippen LogP contribution in [0, 0.1) is 6.92 Å². The summed E-state index contributed by atoms with van der Waals surface area (Å²) >= 11 is 0. The number of piperidine rings is 1. The SMILES string of the molecule is Cc1cc(C(=O)N2CCC(Oc3cccc4c3ccn4C)CC2)n[nH]1. The molecular formula is C19H22N4O2. The van der Waals surface area contributed by atoms with Crippen molar-refractivity contribution < 1.29 is 9.53 Å². The first-order valence-electron chi connectivity index (χ1n) is 8.64. The number of hydrogen-bond donors (Lipinski definition) is 1. The van der Waals surface area contributed by atoms with Gasteiger partial charge >= 0.3 is 0 Å². The normalized spacial score (nSPS) is 15.7. The summed E-state index contributed by atoms with van der Waals surface area (Å²) in [7, 11) is 2.03. The van der Waals surface area contributed by atoms with Gasteiger partial charge in [-0.05, 0) is 31.2 Å². The Balaban J connectivity index is 1.41. The summed E-state index contributed by atoms with van der Waals surface area (Å²) in [5.41, 5.74) is 2.56. The number of benzene rings is 1. The number of amides is 1. The molecule has 4 rings (SSSR count). The monoisotopic (exact) mass is 338 g/mol. The quantitative estimate of drug-likeness (QED) is 0.799. The zero-order valence-electron chi connectivity index (χ0n) is 14.5. The number of carbonyl (C=O) groups is 1. The van der Waals surface area contributed by atoms with Crippen LogP contribution in [0.3, 0.4) is 0 Å². The summed E-state index contributed by atoms with van der Waals surface area (Å²) in [6.45, 7) is 3.29. The van der Waals surface area contributed by atoms with Gasteiger partial charge in [0.25, 0.3) is 5.91 Å². The van der Waals surface area contributed by atoms with E-state index in [4.69, 9.17) is 4.74 Å². The van der Waals surface area contributed by atoms with E-state index in [9.17, 15) is 4.79 Å². The minimum absolute atomic E-state index is 0.00652. The molecule has 25 heavy (non-hydrogen) atoms. The lowest BCUT2D eigenvalue weighted by molar-refractivity contribution is 0.0592. The molecule has 0 saturated carbocycles. The second kappa shape index (κ2) is 6.27. The predicted octanol–water partition coefficient (Wildman–Crippen LogP) is 2.89. The number of aromatic amines is 1. The number of hydrogen-bond acceptors (Lipinski definition) is 3. The number of aryl methyl sites for hydroxylation is 2. The lowest BCUT2D eigenvalue weighted by atomic mass is 10.1. The van der Waals surface area contributed by atoms with E-state index < -0.39 is 0 Å². The van der Waals surface area contributed by atoms with Crippen LogP contribution < -0.4 is 4.74 Å². The molecule has 1 aromatic carbocycles. The number of likely N-dealkylation sites (tertiary alicyclic amines) is 1. The van der Waals surface area contributed by atoms with E-state index in [-0.39, 0.29) is 12.0 Å². The smallest absolute Gasteiger partial charge is 0.274 e. The molecule has 0 unspecified atom stereocenters. The van der Waals surface area contributed by atoms with Crippen LogP contribution >= 0.6 is 0 Å². The van der Waals surface area contributed by atoms with Crippen molar-refractivity contribution in [2.45, 2.75) is 25.9 Å². The fourth-order valence-electron chi connectivity index (χ4n) is 3.42. The second-order valence-electron chi connectivity index (χ2n) is 6.66. The minimum atomic E-state index is -0.00652. The van der Waals surface area contributed by atoms with Gasteiger partial charge in [0.05, 0.1) is 5.52 Å². The van der Waals surface area contributed by atoms with Gasteiger partial charge in [0.15, 0.2) is 0 Å². The van der Waals surface area contributed by atoms with Gasteiger partial charge in [-0.2, -0.15) is 5.10 Å². The Kier molecular flexibility index (Phi) is 3.95. The van der Waals surface area contributed by atoms with Crippen LogP contribution in [0.15, 0.2) is 36.5 Å². The van der Waals surface area contributed by atoms with Gasteiger partial charge in [0.2, 0.25) is 0 Å². The largest absolute Gasteiger partial charge is 0.490 e. The molecule has 130 valence electrons. The maximum atomic E-state index is 12.5. The van der Waals surface area contributed by atoms with Crippen LogP contribution in [-0.4, -0.2) is 44.8 Å². The van der Waals surface area contributed by atoms with Crippen molar-refractivity contribution >= 4 is 16.8 Å². The molecule has 0 radical (unpaired) electrons. The number of nitrogens with zero attached hydrogens (tertiary/aromatic N) is 3. The summed E-state index contributed by atoms with van der Waals surface area (Å²) in [4.78, 5) is 14.3. The third-order valence-corrected chi connectivity index (χ3v) is 4.84. The molecule has 2 aromatic heterocycles. The van der Waals surface area contributed by atoms with Crippen molar-refractivity contribution in [3.8, 4) is 5.75 Å². The molecule has 1 aliphatic rings. The van der Waals surface area contributed by atoms with E-state index in [2.05, 4.69) is 26.9 Å². The van der Waals surface area contributed by atoms with Crippen molar-refractivity contribution in [1.82, 2.24) is 19.7 Å². The number of fused-ring (bicyclic) bond motifs is 1. The zero-order valence-corrected chi connectivity index (χ0v) is 14.5. The zero-order chi connectivity index (χ0) is 17.4. The first kappa shape index (κ1) is 15.7. The summed E-state index contributed by atoms with van der Waals surface area (Å²) in [6, 6.07) is 10.0. The Bertz CT molecular complexity index is 903. The molecule has 1 amide bonds. The third-order valence-electron chi connectivity index (χ3n) is 4.84. The van der Waals surface area contributed by atoms with Crippen molar-refractivity contribution in [3.05, 3.63) is 47.9 Å². The molecule has 3 aromatic rings. The lowest BCUT2D eigenvalue weighted by Crippen LogP contribution is -2.41. The predicted molar refractivity (Wildman–Crippen MR) is 95.8 cm³/mol. The number of aromatic nitrogens is 3. The molecule has 0 aliphatic carbocycles. The molecule has 3 heterocycles. The second-order valence-corrected chi connectivity index (χ2v) is 6.66. The Labute approximate surface area is 146 Å². The Morgan fingerprint density at radius 3 is 2.80 bits per heavy atom. The highest BCUT2D eigenvalue weighted by Crippen LogP contribution is 2.28. The maximum Gasteiger partial charge on any atom is 0.274 e. The van der Waals surface area contributed by atoms with Crippen molar-refractivity contribution in [1.29, 1.82) is 0 Å². The van der Waals surface area contributed by atoms with Gasteiger partial charge in [-0.3, -0.25) is 9.89 Å². The van der Waals surface area contributed by atoms with Crippen LogP contribution in [0.25, 0.3) is 10.9 Å². The Morgan fingerprint density at radius 1 is 1.28 bits per heavy atom. The molecule has 0 atom stereocenters. The molecule has 6 heteroatoms. The van der Waals surface area contributed by atoms with Crippen LogP contribution in [0.5, 0.6) is 5.75 Å². The first-order valence-corrected chi connectivity index (χ1v) is 8.64. The highest BCUT2D eigenvalue weighted by molar-refractivity contribution is 5.92.